The average molecular weight is 286 g/mol. The van der Waals surface area contributed by atoms with E-state index in [1.165, 1.54) is 6.07 Å². The van der Waals surface area contributed by atoms with Crippen LogP contribution < -0.4 is 0 Å². The van der Waals surface area contributed by atoms with E-state index in [0.29, 0.717) is 23.4 Å². The monoisotopic (exact) mass is 285 g/mol. The zero-order chi connectivity index (χ0) is 11.7. The van der Waals surface area contributed by atoms with Crippen LogP contribution in [0.5, 0.6) is 0 Å². The van der Waals surface area contributed by atoms with Crippen LogP contribution in [0.15, 0.2) is 22.7 Å². The standard InChI is InChI=1S/C12H13BrFNO/c1-8-4-12(16)15(6-8)7-9-2-3-11(14)10(13)5-9/h2-3,5,8H,4,6-7H2,1H3. The van der Waals surface area contributed by atoms with Gasteiger partial charge < -0.3 is 4.90 Å². The van der Waals surface area contributed by atoms with Crippen molar-refractivity contribution in [2.75, 3.05) is 6.54 Å². The number of halogens is 2. The van der Waals surface area contributed by atoms with Gasteiger partial charge in [0.25, 0.3) is 0 Å². The summed E-state index contributed by atoms with van der Waals surface area (Å²) >= 11 is 3.14. The Morgan fingerprint density at radius 2 is 2.31 bits per heavy atom. The number of amides is 1. The fourth-order valence-electron chi connectivity index (χ4n) is 1.98. The van der Waals surface area contributed by atoms with E-state index in [1.807, 2.05) is 4.90 Å². The first-order valence-corrected chi connectivity index (χ1v) is 6.07. The molecule has 4 heteroatoms. The number of likely N-dealkylation sites (tertiary alicyclic amines) is 1. The van der Waals surface area contributed by atoms with Gasteiger partial charge in [-0.25, -0.2) is 4.39 Å². The van der Waals surface area contributed by atoms with Gasteiger partial charge >= 0.3 is 0 Å². The zero-order valence-corrected chi connectivity index (χ0v) is 10.6. The molecule has 1 amide bonds. The van der Waals surface area contributed by atoms with E-state index >= 15 is 0 Å². The third-order valence-electron chi connectivity index (χ3n) is 2.77. The largest absolute Gasteiger partial charge is 0.338 e. The first-order chi connectivity index (χ1) is 7.56. The molecule has 1 atom stereocenters. The number of carbonyl (C=O) groups excluding carboxylic acids is 1. The van der Waals surface area contributed by atoms with E-state index in [4.69, 9.17) is 0 Å². The van der Waals surface area contributed by atoms with Crippen LogP contribution in [0.3, 0.4) is 0 Å². The van der Waals surface area contributed by atoms with E-state index < -0.39 is 0 Å². The summed E-state index contributed by atoms with van der Waals surface area (Å²) in [5.74, 6) is 0.342. The van der Waals surface area contributed by atoms with Gasteiger partial charge in [0.05, 0.1) is 4.47 Å². The molecule has 2 nitrogen and oxygen atoms in total. The van der Waals surface area contributed by atoms with Crippen molar-refractivity contribution >= 4 is 21.8 Å². The lowest BCUT2D eigenvalue weighted by atomic mass is 10.2. The summed E-state index contributed by atoms with van der Waals surface area (Å²) in [6.45, 7) is 3.44. The molecule has 0 saturated carbocycles. The molecule has 1 fully saturated rings. The minimum atomic E-state index is -0.273. The van der Waals surface area contributed by atoms with Gasteiger partial charge in [-0.2, -0.15) is 0 Å². The number of benzene rings is 1. The van der Waals surface area contributed by atoms with Crippen molar-refractivity contribution in [3.8, 4) is 0 Å². The molecule has 1 aliphatic heterocycles. The van der Waals surface area contributed by atoms with Gasteiger partial charge in [-0.15, -0.1) is 0 Å². The third kappa shape index (κ3) is 2.43. The summed E-state index contributed by atoms with van der Waals surface area (Å²) < 4.78 is 13.5. The molecule has 1 saturated heterocycles. The van der Waals surface area contributed by atoms with Gasteiger partial charge in [0, 0.05) is 19.5 Å². The smallest absolute Gasteiger partial charge is 0.223 e. The van der Waals surface area contributed by atoms with Crippen LogP contribution in [0, 0.1) is 11.7 Å². The molecule has 0 aromatic heterocycles. The van der Waals surface area contributed by atoms with Crippen molar-refractivity contribution in [2.45, 2.75) is 19.9 Å². The SMILES string of the molecule is CC1CC(=O)N(Cc2ccc(F)c(Br)c2)C1. The highest BCUT2D eigenvalue weighted by Gasteiger charge is 2.26. The second kappa shape index (κ2) is 4.53. The number of carbonyl (C=O) groups is 1. The molecule has 1 aromatic rings. The van der Waals surface area contributed by atoms with E-state index in [9.17, 15) is 9.18 Å². The van der Waals surface area contributed by atoms with E-state index in [-0.39, 0.29) is 11.7 Å². The topological polar surface area (TPSA) is 20.3 Å². The van der Waals surface area contributed by atoms with E-state index in [2.05, 4.69) is 22.9 Å². The second-order valence-electron chi connectivity index (χ2n) is 4.33. The molecule has 0 bridgehead atoms. The molecular weight excluding hydrogens is 273 g/mol. The third-order valence-corrected chi connectivity index (χ3v) is 3.37. The van der Waals surface area contributed by atoms with Crippen LogP contribution in [-0.4, -0.2) is 17.4 Å². The molecule has 1 aliphatic rings. The number of rotatable bonds is 2. The molecule has 1 unspecified atom stereocenters. The van der Waals surface area contributed by atoms with Crippen LogP contribution >= 0.6 is 15.9 Å². The summed E-state index contributed by atoms with van der Waals surface area (Å²) in [6, 6.07) is 4.87. The van der Waals surface area contributed by atoms with Gasteiger partial charge in [0.15, 0.2) is 0 Å². The molecule has 1 aromatic carbocycles. The van der Waals surface area contributed by atoms with Gasteiger partial charge in [-0.05, 0) is 39.5 Å². The Kier molecular flexibility index (Phi) is 3.28. The van der Waals surface area contributed by atoms with Crippen molar-refractivity contribution in [3.05, 3.63) is 34.1 Å². The Bertz CT molecular complexity index is 421. The van der Waals surface area contributed by atoms with Crippen molar-refractivity contribution in [3.63, 3.8) is 0 Å². The lowest BCUT2D eigenvalue weighted by Crippen LogP contribution is -2.24. The van der Waals surface area contributed by atoms with E-state index in [1.54, 1.807) is 12.1 Å². The minimum Gasteiger partial charge on any atom is -0.338 e. The Balaban J connectivity index is 2.09. The molecule has 0 aliphatic carbocycles. The van der Waals surface area contributed by atoms with Crippen LogP contribution in [0.1, 0.15) is 18.9 Å². The Morgan fingerprint density at radius 3 is 2.88 bits per heavy atom. The lowest BCUT2D eigenvalue weighted by molar-refractivity contribution is -0.128. The normalized spacial score (nSPS) is 20.6. The van der Waals surface area contributed by atoms with Crippen LogP contribution in [0.25, 0.3) is 0 Å². The quantitative estimate of drug-likeness (QED) is 0.818. The van der Waals surface area contributed by atoms with Gasteiger partial charge in [-0.1, -0.05) is 13.0 Å². The Hall–Kier alpha value is -0.900. The van der Waals surface area contributed by atoms with Crippen molar-refractivity contribution < 1.29 is 9.18 Å². The van der Waals surface area contributed by atoms with Gasteiger partial charge in [0.1, 0.15) is 5.82 Å². The minimum absolute atomic E-state index is 0.188. The number of hydrogen-bond donors (Lipinski definition) is 0. The lowest BCUT2D eigenvalue weighted by Gasteiger charge is -2.16. The highest BCUT2D eigenvalue weighted by molar-refractivity contribution is 9.10. The Labute approximate surface area is 103 Å². The first kappa shape index (κ1) is 11.6. The molecule has 16 heavy (non-hydrogen) atoms. The Morgan fingerprint density at radius 1 is 1.56 bits per heavy atom. The van der Waals surface area contributed by atoms with E-state index in [0.717, 1.165) is 12.1 Å². The van der Waals surface area contributed by atoms with Gasteiger partial charge in [0.2, 0.25) is 5.91 Å². The van der Waals surface area contributed by atoms with Crippen molar-refractivity contribution in [2.24, 2.45) is 5.92 Å². The van der Waals surface area contributed by atoms with Crippen molar-refractivity contribution in [1.82, 2.24) is 4.90 Å². The van der Waals surface area contributed by atoms with Crippen LogP contribution in [0.2, 0.25) is 0 Å². The van der Waals surface area contributed by atoms with Crippen LogP contribution in [-0.2, 0) is 11.3 Å². The highest BCUT2D eigenvalue weighted by Crippen LogP contribution is 2.22. The predicted octanol–water partition coefficient (Wildman–Crippen LogP) is 2.96. The summed E-state index contributed by atoms with van der Waals surface area (Å²) in [5.41, 5.74) is 0.954. The summed E-state index contributed by atoms with van der Waals surface area (Å²) in [6.07, 6.45) is 0.627. The average Bonchev–Trinajstić information content (AvgIpc) is 2.51. The number of hydrogen-bond acceptors (Lipinski definition) is 1. The highest BCUT2D eigenvalue weighted by atomic mass is 79.9. The first-order valence-electron chi connectivity index (χ1n) is 5.28. The van der Waals surface area contributed by atoms with Gasteiger partial charge in [-0.3, -0.25) is 4.79 Å². The summed E-state index contributed by atoms with van der Waals surface area (Å²) in [7, 11) is 0. The molecule has 1 heterocycles. The van der Waals surface area contributed by atoms with Crippen LogP contribution in [0.4, 0.5) is 4.39 Å². The zero-order valence-electron chi connectivity index (χ0n) is 9.04. The fourth-order valence-corrected chi connectivity index (χ4v) is 2.41. The molecule has 86 valence electrons. The number of nitrogens with zero attached hydrogens (tertiary/aromatic N) is 1. The molecule has 0 N–H and O–H groups in total. The molecule has 2 rings (SSSR count). The molecule has 0 radical (unpaired) electrons. The maximum Gasteiger partial charge on any atom is 0.223 e. The summed E-state index contributed by atoms with van der Waals surface area (Å²) in [5, 5.41) is 0. The summed E-state index contributed by atoms with van der Waals surface area (Å²) in [4.78, 5) is 13.4. The van der Waals surface area contributed by atoms with Crippen molar-refractivity contribution in [1.29, 1.82) is 0 Å². The fraction of sp³-hybridized carbons (Fsp3) is 0.417. The maximum absolute atomic E-state index is 13.0. The maximum atomic E-state index is 13.0. The second-order valence-corrected chi connectivity index (χ2v) is 5.19. The molecular formula is C12H13BrFNO. The molecule has 0 spiro atoms. The predicted molar refractivity (Wildman–Crippen MR) is 63.3 cm³/mol.